The van der Waals surface area contributed by atoms with Crippen LogP contribution in [0.4, 0.5) is 17.6 Å². The average Bonchev–Trinajstić information content (AvgIpc) is 3.08. The molecule has 1 aromatic heterocycles. The quantitative estimate of drug-likeness (QED) is 0.451. The molecule has 1 saturated heterocycles. The summed E-state index contributed by atoms with van der Waals surface area (Å²) in [6.45, 7) is 2.56. The highest BCUT2D eigenvalue weighted by atomic mass is 32.2. The van der Waals surface area contributed by atoms with E-state index in [1.54, 1.807) is 24.3 Å². The Labute approximate surface area is 188 Å². The molecule has 32 heavy (non-hydrogen) atoms. The first-order valence-electron chi connectivity index (χ1n) is 10.2. The molecule has 2 aliphatic heterocycles. The van der Waals surface area contributed by atoms with Crippen LogP contribution in [0.1, 0.15) is 20.7 Å². The van der Waals surface area contributed by atoms with Gasteiger partial charge in [0.05, 0.1) is 30.2 Å². The lowest BCUT2D eigenvalue weighted by Crippen LogP contribution is -2.37. The van der Waals surface area contributed by atoms with Gasteiger partial charge in [0.2, 0.25) is 11.9 Å². The Bertz CT molecular complexity index is 1120. The van der Waals surface area contributed by atoms with E-state index in [2.05, 4.69) is 20.3 Å². The van der Waals surface area contributed by atoms with Crippen molar-refractivity contribution in [1.82, 2.24) is 19.9 Å². The number of imide groups is 1. The van der Waals surface area contributed by atoms with Crippen molar-refractivity contribution in [3.63, 3.8) is 0 Å². The predicted molar refractivity (Wildman–Crippen MR) is 120 cm³/mol. The third-order valence-electron chi connectivity index (χ3n) is 5.13. The molecular formula is C22H20N6O3S. The lowest BCUT2D eigenvalue weighted by atomic mass is 10.1. The van der Waals surface area contributed by atoms with Gasteiger partial charge in [-0.1, -0.05) is 42.1 Å². The first-order chi connectivity index (χ1) is 15.7. The summed E-state index contributed by atoms with van der Waals surface area (Å²) in [4.78, 5) is 42.2. The fourth-order valence-electron chi connectivity index (χ4n) is 3.50. The fourth-order valence-corrected chi connectivity index (χ4v) is 4.28. The molecule has 0 atom stereocenters. The Morgan fingerprint density at radius 1 is 0.875 bits per heavy atom. The zero-order valence-electron chi connectivity index (χ0n) is 17.1. The van der Waals surface area contributed by atoms with Crippen molar-refractivity contribution in [1.29, 1.82) is 0 Å². The smallest absolute Gasteiger partial charge is 0.262 e. The number of rotatable bonds is 6. The van der Waals surface area contributed by atoms with Crippen molar-refractivity contribution in [3.8, 4) is 0 Å². The zero-order chi connectivity index (χ0) is 21.9. The molecule has 0 bridgehead atoms. The molecule has 1 fully saturated rings. The number of carbonyl (C=O) groups excluding carboxylic acids is 2. The molecule has 3 heterocycles. The third-order valence-corrected chi connectivity index (χ3v) is 5.96. The summed E-state index contributed by atoms with van der Waals surface area (Å²) in [7, 11) is 0. The number of nitrogens with one attached hydrogen (secondary N) is 1. The first-order valence-corrected chi connectivity index (χ1v) is 11.2. The Balaban J connectivity index is 1.38. The molecule has 10 heteroatoms. The van der Waals surface area contributed by atoms with Gasteiger partial charge in [0.15, 0.2) is 5.16 Å². The number of ether oxygens (including phenoxy) is 1. The van der Waals surface area contributed by atoms with Crippen molar-refractivity contribution in [2.45, 2.75) is 5.16 Å². The van der Waals surface area contributed by atoms with Crippen LogP contribution in [0.25, 0.3) is 0 Å². The number of amides is 2. The molecule has 9 nitrogen and oxygen atoms in total. The minimum absolute atomic E-state index is 0.115. The van der Waals surface area contributed by atoms with E-state index < -0.39 is 0 Å². The van der Waals surface area contributed by atoms with Gasteiger partial charge in [-0.05, 0) is 24.3 Å². The number of morpholine rings is 1. The molecule has 0 saturated carbocycles. The largest absolute Gasteiger partial charge is 0.378 e. The minimum Gasteiger partial charge on any atom is -0.378 e. The summed E-state index contributed by atoms with van der Waals surface area (Å²) in [5.74, 6) is 0.444. The second kappa shape index (κ2) is 8.93. The minimum atomic E-state index is -0.303. The maximum absolute atomic E-state index is 12.7. The molecule has 0 unspecified atom stereocenters. The van der Waals surface area contributed by atoms with Gasteiger partial charge in [0.1, 0.15) is 0 Å². The molecule has 0 aliphatic carbocycles. The van der Waals surface area contributed by atoms with Gasteiger partial charge in [-0.3, -0.25) is 14.5 Å². The summed E-state index contributed by atoms with van der Waals surface area (Å²) in [6.07, 6.45) is 0. The highest BCUT2D eigenvalue weighted by Crippen LogP contribution is 2.27. The van der Waals surface area contributed by atoms with Crippen molar-refractivity contribution >= 4 is 41.2 Å². The van der Waals surface area contributed by atoms with Gasteiger partial charge in [-0.2, -0.15) is 15.0 Å². The summed E-state index contributed by atoms with van der Waals surface area (Å²) in [5.41, 5.74) is 1.70. The summed E-state index contributed by atoms with van der Waals surface area (Å²) in [5, 5.41) is 3.63. The van der Waals surface area contributed by atoms with Crippen LogP contribution in [-0.2, 0) is 4.74 Å². The number of anilines is 3. The number of carbonyl (C=O) groups is 2. The maximum atomic E-state index is 12.7. The van der Waals surface area contributed by atoms with Crippen LogP contribution in [-0.4, -0.2) is 63.8 Å². The van der Waals surface area contributed by atoms with Crippen LogP contribution < -0.4 is 10.2 Å². The van der Waals surface area contributed by atoms with Crippen LogP contribution in [0, 0.1) is 0 Å². The van der Waals surface area contributed by atoms with Crippen molar-refractivity contribution in [2.24, 2.45) is 0 Å². The van der Waals surface area contributed by atoms with Crippen LogP contribution in [0.5, 0.6) is 0 Å². The number of hydrogen-bond donors (Lipinski definition) is 1. The van der Waals surface area contributed by atoms with Gasteiger partial charge in [0.25, 0.3) is 11.8 Å². The van der Waals surface area contributed by atoms with E-state index in [-0.39, 0.29) is 17.7 Å². The second-order valence-corrected chi connectivity index (χ2v) is 8.10. The Kier molecular flexibility index (Phi) is 5.70. The van der Waals surface area contributed by atoms with Gasteiger partial charge in [-0.15, -0.1) is 0 Å². The fraction of sp³-hybridized carbons (Fsp3) is 0.227. The first kappa shape index (κ1) is 20.4. The summed E-state index contributed by atoms with van der Waals surface area (Å²) >= 11 is 1.22. The van der Waals surface area contributed by atoms with Crippen LogP contribution in [0.15, 0.2) is 59.8 Å². The number of nitrogens with zero attached hydrogens (tertiary/aromatic N) is 5. The molecule has 1 N–H and O–H groups in total. The highest BCUT2D eigenvalue weighted by molar-refractivity contribution is 7.99. The molecule has 2 amide bonds. The van der Waals surface area contributed by atoms with E-state index in [0.717, 1.165) is 5.69 Å². The van der Waals surface area contributed by atoms with E-state index in [1.165, 1.54) is 16.7 Å². The van der Waals surface area contributed by atoms with Crippen LogP contribution in [0.2, 0.25) is 0 Å². The SMILES string of the molecule is O=C1c2ccccc2C(=O)N1CSc1nc(Nc2ccccc2)nc(N2CCOCC2)n1. The third kappa shape index (κ3) is 4.14. The van der Waals surface area contributed by atoms with Crippen molar-refractivity contribution in [2.75, 3.05) is 42.4 Å². The van der Waals surface area contributed by atoms with E-state index in [9.17, 15) is 9.59 Å². The molecule has 2 aromatic carbocycles. The van der Waals surface area contributed by atoms with E-state index >= 15 is 0 Å². The Morgan fingerprint density at radius 3 is 2.22 bits per heavy atom. The zero-order valence-corrected chi connectivity index (χ0v) is 17.9. The average molecular weight is 449 g/mol. The van der Waals surface area contributed by atoms with Gasteiger partial charge in [0, 0.05) is 18.8 Å². The predicted octanol–water partition coefficient (Wildman–Crippen LogP) is 2.80. The number of thioether (sulfide) groups is 1. The standard InChI is InChI=1S/C22H20N6O3S/c29-18-16-8-4-5-9-17(16)19(30)28(18)14-32-22-25-20(23-15-6-2-1-3-7-15)24-21(26-22)27-10-12-31-13-11-27/h1-9H,10-14H2,(H,23,24,25,26). The molecule has 162 valence electrons. The summed E-state index contributed by atoms with van der Waals surface area (Å²) in [6, 6.07) is 16.5. The molecule has 3 aromatic rings. The second-order valence-electron chi connectivity index (χ2n) is 7.19. The monoisotopic (exact) mass is 448 g/mol. The molecule has 0 spiro atoms. The van der Waals surface area contributed by atoms with Crippen LogP contribution >= 0.6 is 11.8 Å². The lowest BCUT2D eigenvalue weighted by Gasteiger charge is -2.27. The van der Waals surface area contributed by atoms with Gasteiger partial charge < -0.3 is 15.0 Å². The van der Waals surface area contributed by atoms with E-state index in [1.807, 2.05) is 35.2 Å². The molecular weight excluding hydrogens is 428 g/mol. The molecule has 2 aliphatic rings. The number of hydrogen-bond acceptors (Lipinski definition) is 9. The number of para-hydroxylation sites is 1. The molecule has 0 radical (unpaired) electrons. The number of fused-ring (bicyclic) bond motifs is 1. The summed E-state index contributed by atoms with van der Waals surface area (Å²) < 4.78 is 5.43. The van der Waals surface area contributed by atoms with Crippen molar-refractivity contribution < 1.29 is 14.3 Å². The Hall–Kier alpha value is -3.50. The highest BCUT2D eigenvalue weighted by Gasteiger charge is 2.35. The van der Waals surface area contributed by atoms with Crippen molar-refractivity contribution in [3.05, 3.63) is 65.7 Å². The van der Waals surface area contributed by atoms with E-state index in [4.69, 9.17) is 4.74 Å². The number of benzene rings is 2. The number of aromatic nitrogens is 3. The van der Waals surface area contributed by atoms with Crippen LogP contribution in [0.3, 0.4) is 0 Å². The maximum Gasteiger partial charge on any atom is 0.262 e. The normalized spacial score (nSPS) is 15.8. The topological polar surface area (TPSA) is 101 Å². The Morgan fingerprint density at radius 2 is 1.53 bits per heavy atom. The van der Waals surface area contributed by atoms with E-state index in [0.29, 0.717) is 54.5 Å². The van der Waals surface area contributed by atoms with Gasteiger partial charge in [-0.25, -0.2) is 0 Å². The molecule has 5 rings (SSSR count). The lowest BCUT2D eigenvalue weighted by molar-refractivity contribution is 0.0684. The van der Waals surface area contributed by atoms with Gasteiger partial charge >= 0.3 is 0 Å².